The van der Waals surface area contributed by atoms with E-state index in [-0.39, 0.29) is 18.1 Å². The second kappa shape index (κ2) is 12.3. The molecule has 5 aromatic rings. The smallest absolute Gasteiger partial charge is 0.213 e. The second-order valence-corrected chi connectivity index (χ2v) is 10.1. The Morgan fingerprint density at radius 2 is 1.80 bits per heavy atom. The molecule has 1 unspecified atom stereocenters. The fraction of sp³-hybridized carbons (Fsp3) is 0.242. The third kappa shape index (κ3) is 5.99. The number of ether oxygens (including phenoxy) is 2. The van der Waals surface area contributed by atoms with Gasteiger partial charge in [0.15, 0.2) is 6.29 Å². The van der Waals surface area contributed by atoms with Gasteiger partial charge in [-0.25, -0.2) is 15.0 Å². The summed E-state index contributed by atoms with van der Waals surface area (Å²) < 4.78 is 13.7. The summed E-state index contributed by atoms with van der Waals surface area (Å²) in [5.41, 5.74) is 4.89. The highest BCUT2D eigenvalue weighted by atomic mass is 16.7. The van der Waals surface area contributed by atoms with Crippen LogP contribution in [-0.4, -0.2) is 50.5 Å². The van der Waals surface area contributed by atoms with Gasteiger partial charge in [-0.3, -0.25) is 9.78 Å². The standard InChI is InChI=1S/C33H31N5O3/c1-23(21-41-30-14-8-9-17-40-30)38-20-28(27-19-34-22-36-33(27)38)32(39)29-18-26(15-16-35-29)37-31(24-10-4-2-5-11-24)25-12-6-3-7-13-25/h2-7,10-13,15-16,18-20,22-23,30H,8-9,14,17,21H2,1H3/t23-,30?/m1/s1. The Balaban J connectivity index is 1.31. The van der Waals surface area contributed by atoms with Crippen LogP contribution in [0, 0.1) is 0 Å². The Labute approximate surface area is 238 Å². The van der Waals surface area contributed by atoms with Crippen LogP contribution in [0.3, 0.4) is 0 Å². The molecule has 0 bridgehead atoms. The Morgan fingerprint density at radius 1 is 1.05 bits per heavy atom. The average Bonchev–Trinajstić information content (AvgIpc) is 3.43. The molecule has 8 heteroatoms. The summed E-state index contributed by atoms with van der Waals surface area (Å²) in [6.45, 7) is 3.21. The van der Waals surface area contributed by atoms with E-state index in [1.165, 1.54) is 6.33 Å². The SMILES string of the molecule is C[C@H](COC1CCCCO1)n1cc(C(=O)c2cc(N=C(c3ccccc3)c3ccccc3)ccn2)c2cncnc21. The van der Waals surface area contributed by atoms with Crippen LogP contribution >= 0.6 is 0 Å². The van der Waals surface area contributed by atoms with Gasteiger partial charge in [0.2, 0.25) is 5.78 Å². The molecule has 3 aromatic heterocycles. The molecule has 1 aliphatic heterocycles. The molecule has 0 aliphatic carbocycles. The average molecular weight is 546 g/mol. The number of rotatable bonds is 9. The highest BCUT2D eigenvalue weighted by Gasteiger charge is 2.23. The highest BCUT2D eigenvalue weighted by Crippen LogP contribution is 2.27. The molecule has 0 spiro atoms. The number of benzene rings is 2. The first-order chi connectivity index (χ1) is 20.2. The first kappa shape index (κ1) is 26.7. The van der Waals surface area contributed by atoms with E-state index < -0.39 is 0 Å². The summed E-state index contributed by atoms with van der Waals surface area (Å²) in [5, 5.41) is 0.670. The van der Waals surface area contributed by atoms with E-state index in [9.17, 15) is 4.79 Å². The van der Waals surface area contributed by atoms with Gasteiger partial charge in [0.05, 0.1) is 29.6 Å². The molecule has 1 fully saturated rings. The molecule has 2 aromatic carbocycles. The number of fused-ring (bicyclic) bond motifs is 1. The van der Waals surface area contributed by atoms with Crippen LogP contribution in [0.4, 0.5) is 5.69 Å². The Morgan fingerprint density at radius 3 is 2.51 bits per heavy atom. The monoisotopic (exact) mass is 545 g/mol. The van der Waals surface area contributed by atoms with Gasteiger partial charge in [-0.1, -0.05) is 60.7 Å². The van der Waals surface area contributed by atoms with E-state index in [1.54, 1.807) is 18.5 Å². The van der Waals surface area contributed by atoms with Crippen molar-refractivity contribution in [2.45, 2.75) is 38.5 Å². The van der Waals surface area contributed by atoms with Crippen LogP contribution < -0.4 is 0 Å². The topological polar surface area (TPSA) is 91.5 Å². The lowest BCUT2D eigenvalue weighted by Crippen LogP contribution is -2.25. The molecule has 0 saturated carbocycles. The van der Waals surface area contributed by atoms with Crippen molar-refractivity contribution in [1.29, 1.82) is 0 Å². The van der Waals surface area contributed by atoms with Gasteiger partial charge in [0.25, 0.3) is 0 Å². The number of pyridine rings is 1. The second-order valence-electron chi connectivity index (χ2n) is 10.1. The predicted molar refractivity (Wildman–Crippen MR) is 158 cm³/mol. The van der Waals surface area contributed by atoms with Gasteiger partial charge < -0.3 is 14.0 Å². The molecule has 0 radical (unpaired) electrons. The minimum atomic E-state index is -0.217. The van der Waals surface area contributed by atoms with Crippen molar-refractivity contribution < 1.29 is 14.3 Å². The number of nitrogens with zero attached hydrogens (tertiary/aromatic N) is 5. The minimum absolute atomic E-state index is 0.0670. The molecule has 0 N–H and O–H groups in total. The van der Waals surface area contributed by atoms with Gasteiger partial charge in [0.1, 0.15) is 17.7 Å². The lowest BCUT2D eigenvalue weighted by Gasteiger charge is -2.24. The summed E-state index contributed by atoms with van der Waals surface area (Å²) in [7, 11) is 0. The lowest BCUT2D eigenvalue weighted by molar-refractivity contribution is -0.166. The molecule has 1 saturated heterocycles. The largest absolute Gasteiger partial charge is 0.353 e. The quantitative estimate of drug-likeness (QED) is 0.159. The zero-order valence-corrected chi connectivity index (χ0v) is 22.9. The van der Waals surface area contributed by atoms with Crippen molar-refractivity contribution in [3.8, 4) is 0 Å². The third-order valence-electron chi connectivity index (χ3n) is 7.19. The Hall–Kier alpha value is -4.53. The van der Waals surface area contributed by atoms with E-state index in [2.05, 4.69) is 15.0 Å². The van der Waals surface area contributed by atoms with E-state index in [4.69, 9.17) is 14.5 Å². The fourth-order valence-corrected chi connectivity index (χ4v) is 5.04. The molecular weight excluding hydrogens is 514 g/mol. The third-order valence-corrected chi connectivity index (χ3v) is 7.19. The maximum atomic E-state index is 13.8. The van der Waals surface area contributed by atoms with E-state index in [0.29, 0.717) is 34.6 Å². The summed E-state index contributed by atoms with van der Waals surface area (Å²) in [4.78, 5) is 31.9. The van der Waals surface area contributed by atoms with Crippen LogP contribution in [0.2, 0.25) is 0 Å². The van der Waals surface area contributed by atoms with Crippen molar-refractivity contribution in [1.82, 2.24) is 19.5 Å². The lowest BCUT2D eigenvalue weighted by atomic mass is 10.0. The van der Waals surface area contributed by atoms with Gasteiger partial charge in [-0.2, -0.15) is 0 Å². The number of ketones is 1. The van der Waals surface area contributed by atoms with E-state index in [0.717, 1.165) is 42.7 Å². The van der Waals surface area contributed by atoms with E-state index in [1.807, 2.05) is 84.4 Å². The van der Waals surface area contributed by atoms with Crippen LogP contribution in [0.15, 0.2) is 103 Å². The summed E-state index contributed by atoms with van der Waals surface area (Å²) in [6, 6.07) is 23.5. The van der Waals surface area contributed by atoms with Gasteiger partial charge in [-0.05, 0) is 38.3 Å². The van der Waals surface area contributed by atoms with E-state index >= 15 is 0 Å². The Kier molecular flexibility index (Phi) is 8.02. The van der Waals surface area contributed by atoms with Crippen LogP contribution in [0.1, 0.15) is 59.4 Å². The predicted octanol–water partition coefficient (Wildman–Crippen LogP) is 6.33. The molecule has 2 atom stereocenters. The van der Waals surface area contributed by atoms with Crippen LogP contribution in [0.25, 0.3) is 11.0 Å². The van der Waals surface area contributed by atoms with Crippen LogP contribution in [0.5, 0.6) is 0 Å². The first-order valence-electron chi connectivity index (χ1n) is 13.9. The molecule has 8 nitrogen and oxygen atoms in total. The van der Waals surface area contributed by atoms with Gasteiger partial charge in [0, 0.05) is 41.7 Å². The zero-order valence-electron chi connectivity index (χ0n) is 22.9. The maximum absolute atomic E-state index is 13.8. The molecule has 0 amide bonds. The molecule has 1 aliphatic rings. The molecule has 41 heavy (non-hydrogen) atoms. The van der Waals surface area contributed by atoms with Crippen molar-refractivity contribution in [2.75, 3.05) is 13.2 Å². The molecule has 206 valence electrons. The normalized spacial score (nSPS) is 15.9. The highest BCUT2D eigenvalue weighted by molar-refractivity contribution is 6.16. The summed E-state index contributed by atoms with van der Waals surface area (Å²) in [5.74, 6) is -0.217. The summed E-state index contributed by atoms with van der Waals surface area (Å²) >= 11 is 0. The maximum Gasteiger partial charge on any atom is 0.213 e. The van der Waals surface area contributed by atoms with Gasteiger partial charge >= 0.3 is 0 Å². The number of aliphatic imine (C=N–C) groups is 1. The molecular formula is C33H31N5O3. The summed E-state index contributed by atoms with van der Waals surface area (Å²) in [6.07, 6.45) is 9.50. The number of carbonyl (C=O) groups is 1. The van der Waals surface area contributed by atoms with Crippen molar-refractivity contribution >= 4 is 28.2 Å². The number of hydrogen-bond acceptors (Lipinski definition) is 7. The zero-order chi connectivity index (χ0) is 28.0. The molecule has 6 rings (SSSR count). The minimum Gasteiger partial charge on any atom is -0.353 e. The fourth-order valence-electron chi connectivity index (χ4n) is 5.04. The first-order valence-corrected chi connectivity index (χ1v) is 13.9. The Bertz CT molecular complexity index is 1620. The van der Waals surface area contributed by atoms with Crippen molar-refractivity contribution in [2.24, 2.45) is 4.99 Å². The number of carbonyl (C=O) groups excluding carboxylic acids is 1. The van der Waals surface area contributed by atoms with Crippen molar-refractivity contribution in [3.05, 3.63) is 120 Å². The van der Waals surface area contributed by atoms with Gasteiger partial charge in [-0.15, -0.1) is 0 Å². The van der Waals surface area contributed by atoms with Crippen LogP contribution in [-0.2, 0) is 9.47 Å². The number of hydrogen-bond donors (Lipinski definition) is 0. The number of aromatic nitrogens is 4. The molecule has 4 heterocycles. The van der Waals surface area contributed by atoms with Crippen molar-refractivity contribution in [3.63, 3.8) is 0 Å².